The van der Waals surface area contributed by atoms with Gasteiger partial charge >= 0.3 is 0 Å². The number of rotatable bonds is 7. The molecule has 2 aromatic heterocycles. The van der Waals surface area contributed by atoms with Crippen LogP contribution in [-0.2, 0) is 16.6 Å². The number of non-ortho nitro benzene ring substituents is 1. The van der Waals surface area contributed by atoms with Crippen LogP contribution in [0.3, 0.4) is 0 Å². The van der Waals surface area contributed by atoms with E-state index in [0.717, 1.165) is 0 Å². The van der Waals surface area contributed by atoms with Crippen molar-refractivity contribution in [2.75, 3.05) is 5.32 Å². The van der Waals surface area contributed by atoms with Crippen molar-refractivity contribution in [1.29, 1.82) is 0 Å². The molecule has 0 bridgehead atoms. The number of nitrogens with zero attached hydrogens (tertiary/aromatic N) is 5. The Labute approximate surface area is 173 Å². The molecule has 0 fully saturated rings. The first-order valence-electron chi connectivity index (χ1n) is 9.58. The van der Waals surface area contributed by atoms with Gasteiger partial charge in [-0.25, -0.2) is 4.68 Å². The standard InChI is InChI=1S/C20H24N6O4/c1-13-12-16(25(23-13)14-8-10-15(11-9-14)26(28)29)21-17(27)6-5-7-18-22-19(24-30-18)20(2,3)4/h8-12H,5-7H2,1-4H3,(H,21,27). The number of anilines is 1. The minimum Gasteiger partial charge on any atom is -0.339 e. The van der Waals surface area contributed by atoms with Crippen LogP contribution in [0.4, 0.5) is 11.5 Å². The molecule has 1 aromatic carbocycles. The molecule has 0 saturated heterocycles. The Morgan fingerprint density at radius 3 is 2.57 bits per heavy atom. The summed E-state index contributed by atoms with van der Waals surface area (Å²) in [6.07, 6.45) is 1.34. The van der Waals surface area contributed by atoms with Gasteiger partial charge in [-0.1, -0.05) is 25.9 Å². The quantitative estimate of drug-likeness (QED) is 0.462. The van der Waals surface area contributed by atoms with E-state index < -0.39 is 4.92 Å². The number of hydrogen-bond donors (Lipinski definition) is 1. The van der Waals surface area contributed by atoms with Crippen LogP contribution in [0.2, 0.25) is 0 Å². The van der Waals surface area contributed by atoms with Crippen molar-refractivity contribution in [3.05, 3.63) is 57.9 Å². The first-order chi connectivity index (χ1) is 14.1. The first-order valence-corrected chi connectivity index (χ1v) is 9.58. The second-order valence-electron chi connectivity index (χ2n) is 8.02. The zero-order valence-electron chi connectivity index (χ0n) is 17.4. The highest BCUT2D eigenvalue weighted by molar-refractivity contribution is 5.90. The highest BCUT2D eigenvalue weighted by Gasteiger charge is 2.21. The summed E-state index contributed by atoms with van der Waals surface area (Å²) in [5, 5.41) is 22.0. The molecule has 0 saturated carbocycles. The second kappa shape index (κ2) is 8.44. The molecule has 10 nitrogen and oxygen atoms in total. The summed E-state index contributed by atoms with van der Waals surface area (Å²) >= 11 is 0. The van der Waals surface area contributed by atoms with Crippen LogP contribution in [0.5, 0.6) is 0 Å². The van der Waals surface area contributed by atoms with Crippen molar-refractivity contribution in [3.63, 3.8) is 0 Å². The van der Waals surface area contributed by atoms with Crippen molar-refractivity contribution < 1.29 is 14.2 Å². The molecule has 0 aliphatic heterocycles. The molecule has 1 amide bonds. The molecule has 0 aliphatic rings. The maximum Gasteiger partial charge on any atom is 0.269 e. The van der Waals surface area contributed by atoms with Gasteiger partial charge in [0.15, 0.2) is 5.82 Å². The number of nitro groups is 1. The Hall–Kier alpha value is -3.56. The fourth-order valence-electron chi connectivity index (χ4n) is 2.77. The van der Waals surface area contributed by atoms with E-state index in [1.807, 2.05) is 20.8 Å². The number of benzene rings is 1. The highest BCUT2D eigenvalue weighted by atomic mass is 16.6. The predicted molar refractivity (Wildman–Crippen MR) is 110 cm³/mol. The normalized spacial score (nSPS) is 11.5. The van der Waals surface area contributed by atoms with Gasteiger partial charge in [0, 0.05) is 36.5 Å². The minimum atomic E-state index is -0.464. The van der Waals surface area contributed by atoms with Crippen molar-refractivity contribution in [2.24, 2.45) is 0 Å². The Balaban J connectivity index is 1.60. The molecule has 1 N–H and O–H groups in total. The molecule has 2 heterocycles. The number of nitro benzene ring substituents is 1. The zero-order chi connectivity index (χ0) is 21.9. The van der Waals surface area contributed by atoms with Crippen LogP contribution in [0.15, 0.2) is 34.9 Å². The molecule has 3 aromatic rings. The lowest BCUT2D eigenvalue weighted by atomic mass is 9.96. The number of aryl methyl sites for hydroxylation is 2. The Bertz CT molecular complexity index is 1050. The molecule has 3 rings (SSSR count). The van der Waals surface area contributed by atoms with Crippen molar-refractivity contribution in [1.82, 2.24) is 19.9 Å². The number of amides is 1. The smallest absolute Gasteiger partial charge is 0.269 e. The molecule has 30 heavy (non-hydrogen) atoms. The van der Waals surface area contributed by atoms with Crippen molar-refractivity contribution in [2.45, 2.75) is 52.4 Å². The van der Waals surface area contributed by atoms with E-state index in [-0.39, 0.29) is 23.4 Å². The first kappa shape index (κ1) is 21.2. The van der Waals surface area contributed by atoms with Crippen LogP contribution in [0, 0.1) is 17.0 Å². The van der Waals surface area contributed by atoms with Crippen LogP contribution in [-0.4, -0.2) is 30.8 Å². The fourth-order valence-corrected chi connectivity index (χ4v) is 2.77. The molecule has 158 valence electrons. The summed E-state index contributed by atoms with van der Waals surface area (Å²) in [6.45, 7) is 7.82. The van der Waals surface area contributed by atoms with E-state index >= 15 is 0 Å². The lowest BCUT2D eigenvalue weighted by Gasteiger charge is -2.10. The number of carbonyl (C=O) groups is 1. The van der Waals surface area contributed by atoms with E-state index in [1.165, 1.54) is 12.1 Å². The van der Waals surface area contributed by atoms with Crippen LogP contribution >= 0.6 is 0 Å². The molecule has 0 radical (unpaired) electrons. The van der Waals surface area contributed by atoms with E-state index in [1.54, 1.807) is 29.8 Å². The van der Waals surface area contributed by atoms with Crippen LogP contribution < -0.4 is 5.32 Å². The van der Waals surface area contributed by atoms with Gasteiger partial charge in [-0.15, -0.1) is 0 Å². The van der Waals surface area contributed by atoms with E-state index in [2.05, 4.69) is 20.6 Å². The summed E-state index contributed by atoms with van der Waals surface area (Å²) in [4.78, 5) is 27.1. The molecule has 0 spiro atoms. The average molecular weight is 412 g/mol. The molecular weight excluding hydrogens is 388 g/mol. The van der Waals surface area contributed by atoms with Gasteiger partial charge in [-0.05, 0) is 25.5 Å². The van der Waals surface area contributed by atoms with Crippen LogP contribution in [0.25, 0.3) is 5.69 Å². The maximum absolute atomic E-state index is 12.4. The van der Waals surface area contributed by atoms with Crippen molar-refractivity contribution in [3.8, 4) is 5.69 Å². The summed E-state index contributed by atoms with van der Waals surface area (Å²) in [6, 6.07) is 7.71. The third-order valence-corrected chi connectivity index (χ3v) is 4.34. The largest absolute Gasteiger partial charge is 0.339 e. The molecular formula is C20H24N6O4. The Morgan fingerprint density at radius 2 is 1.97 bits per heavy atom. The van der Waals surface area contributed by atoms with Crippen molar-refractivity contribution >= 4 is 17.4 Å². The van der Waals surface area contributed by atoms with E-state index in [9.17, 15) is 14.9 Å². The molecule has 0 atom stereocenters. The van der Waals surface area contributed by atoms with Gasteiger partial charge in [0.05, 0.1) is 16.3 Å². The number of nitrogens with one attached hydrogen (secondary N) is 1. The summed E-state index contributed by atoms with van der Waals surface area (Å²) in [5.41, 5.74) is 1.13. The number of hydrogen-bond acceptors (Lipinski definition) is 7. The van der Waals surface area contributed by atoms with E-state index in [0.29, 0.717) is 41.8 Å². The Kier molecular flexibility index (Phi) is 5.95. The van der Waals surface area contributed by atoms with Gasteiger partial charge < -0.3 is 9.84 Å². The van der Waals surface area contributed by atoms with Gasteiger partial charge in [0.2, 0.25) is 11.8 Å². The molecule has 0 aliphatic carbocycles. The molecule has 10 heteroatoms. The SMILES string of the molecule is Cc1cc(NC(=O)CCCc2nc(C(C)(C)C)no2)n(-c2ccc([N+](=O)[O-])cc2)n1. The summed E-state index contributed by atoms with van der Waals surface area (Å²) in [7, 11) is 0. The van der Waals surface area contributed by atoms with Gasteiger partial charge in [0.25, 0.3) is 5.69 Å². The number of aromatic nitrogens is 4. The molecule has 0 unspecified atom stereocenters. The summed E-state index contributed by atoms with van der Waals surface area (Å²) < 4.78 is 6.79. The van der Waals surface area contributed by atoms with Crippen LogP contribution in [0.1, 0.15) is 51.0 Å². The maximum atomic E-state index is 12.4. The van der Waals surface area contributed by atoms with Gasteiger partial charge in [-0.2, -0.15) is 10.1 Å². The zero-order valence-corrected chi connectivity index (χ0v) is 17.4. The monoisotopic (exact) mass is 412 g/mol. The fraction of sp³-hybridized carbons (Fsp3) is 0.400. The number of carbonyl (C=O) groups excluding carboxylic acids is 1. The van der Waals surface area contributed by atoms with Gasteiger partial charge in [0.1, 0.15) is 5.82 Å². The minimum absolute atomic E-state index is 0.0103. The predicted octanol–water partition coefficient (Wildman–Crippen LogP) is 3.73. The second-order valence-corrected chi connectivity index (χ2v) is 8.02. The Morgan fingerprint density at radius 1 is 1.27 bits per heavy atom. The van der Waals surface area contributed by atoms with Gasteiger partial charge in [-0.3, -0.25) is 14.9 Å². The lowest BCUT2D eigenvalue weighted by molar-refractivity contribution is -0.384. The highest BCUT2D eigenvalue weighted by Crippen LogP contribution is 2.21. The third kappa shape index (κ3) is 5.07. The average Bonchev–Trinajstić information content (AvgIpc) is 3.28. The summed E-state index contributed by atoms with van der Waals surface area (Å²) in [5.74, 6) is 1.48. The third-order valence-electron chi connectivity index (χ3n) is 4.34. The van der Waals surface area contributed by atoms with E-state index in [4.69, 9.17) is 4.52 Å². The topological polar surface area (TPSA) is 129 Å². The lowest BCUT2D eigenvalue weighted by Crippen LogP contribution is -2.15.